The number of carboxylic acid groups (broad SMARTS) is 1. The van der Waals surface area contributed by atoms with Gasteiger partial charge < -0.3 is 15.3 Å². The number of halogens is 2. The van der Waals surface area contributed by atoms with Gasteiger partial charge in [-0.15, -0.1) is 0 Å². The van der Waals surface area contributed by atoms with Crippen LogP contribution in [0.3, 0.4) is 0 Å². The topological polar surface area (TPSA) is 52.6 Å². The van der Waals surface area contributed by atoms with Gasteiger partial charge in [0.2, 0.25) is 0 Å². The van der Waals surface area contributed by atoms with Crippen molar-refractivity contribution in [3.05, 3.63) is 46.2 Å². The van der Waals surface area contributed by atoms with E-state index in [1.165, 1.54) is 0 Å². The fourth-order valence-electron chi connectivity index (χ4n) is 2.75. The van der Waals surface area contributed by atoms with Gasteiger partial charge >= 0.3 is 5.97 Å². The van der Waals surface area contributed by atoms with E-state index in [9.17, 15) is 9.90 Å². The maximum atomic E-state index is 11.3. The van der Waals surface area contributed by atoms with E-state index in [2.05, 4.69) is 12.2 Å². The number of hydrogen-bond donors (Lipinski definition) is 2. The third kappa shape index (κ3) is 3.87. The summed E-state index contributed by atoms with van der Waals surface area (Å²) >= 11 is 12.4. The van der Waals surface area contributed by atoms with Crippen LogP contribution in [0.25, 0.3) is 0 Å². The molecule has 120 valence electrons. The third-order valence-electron chi connectivity index (χ3n) is 3.86. The Morgan fingerprint density at radius 1 is 1.36 bits per heavy atom. The zero-order valence-corrected chi connectivity index (χ0v) is 14.0. The van der Waals surface area contributed by atoms with Crippen LogP contribution in [0.1, 0.15) is 38.2 Å². The Kier molecular flexibility index (Phi) is 5.59. The molecule has 1 heterocycles. The molecule has 0 saturated heterocycles. The summed E-state index contributed by atoms with van der Waals surface area (Å²) in [4.78, 5) is 13.3. The van der Waals surface area contributed by atoms with Gasteiger partial charge in [0.05, 0.1) is 6.42 Å². The largest absolute Gasteiger partial charge is 0.481 e. The lowest BCUT2D eigenvalue weighted by atomic mass is 9.97. The SMILES string of the molecule is CCCCC1(CC(=O)O)NC(Cl)=CN1Cc1ccccc1Cl. The Labute approximate surface area is 140 Å². The summed E-state index contributed by atoms with van der Waals surface area (Å²) in [5.74, 6) is -0.854. The van der Waals surface area contributed by atoms with Crippen LogP contribution in [0.15, 0.2) is 35.6 Å². The molecule has 0 aliphatic carbocycles. The van der Waals surface area contributed by atoms with Crippen LogP contribution in [0.5, 0.6) is 0 Å². The van der Waals surface area contributed by atoms with Crippen molar-refractivity contribution in [2.75, 3.05) is 0 Å². The predicted octanol–water partition coefficient (Wildman–Crippen LogP) is 4.14. The van der Waals surface area contributed by atoms with Crippen LogP contribution < -0.4 is 5.32 Å². The lowest BCUT2D eigenvalue weighted by molar-refractivity contribution is -0.140. The molecule has 0 aromatic heterocycles. The molecule has 2 N–H and O–H groups in total. The van der Waals surface area contributed by atoms with Gasteiger partial charge in [-0.2, -0.15) is 0 Å². The number of carboxylic acids is 1. The molecule has 22 heavy (non-hydrogen) atoms. The zero-order valence-electron chi connectivity index (χ0n) is 12.5. The van der Waals surface area contributed by atoms with Gasteiger partial charge in [0.25, 0.3) is 0 Å². The van der Waals surface area contributed by atoms with Crippen molar-refractivity contribution in [1.82, 2.24) is 10.2 Å². The smallest absolute Gasteiger partial charge is 0.307 e. The lowest BCUT2D eigenvalue weighted by Gasteiger charge is -2.39. The first kappa shape index (κ1) is 17.0. The van der Waals surface area contributed by atoms with Gasteiger partial charge in [-0.3, -0.25) is 4.79 Å². The quantitative estimate of drug-likeness (QED) is 0.731. The van der Waals surface area contributed by atoms with Gasteiger partial charge in [-0.1, -0.05) is 54.7 Å². The highest BCUT2D eigenvalue weighted by atomic mass is 35.5. The van der Waals surface area contributed by atoms with Crippen LogP contribution in [-0.2, 0) is 11.3 Å². The fourth-order valence-corrected chi connectivity index (χ4v) is 3.24. The number of carbonyl (C=O) groups is 1. The van der Waals surface area contributed by atoms with E-state index in [-0.39, 0.29) is 6.42 Å². The van der Waals surface area contributed by atoms with E-state index >= 15 is 0 Å². The minimum atomic E-state index is -0.854. The van der Waals surface area contributed by atoms with Crippen molar-refractivity contribution in [3.8, 4) is 0 Å². The predicted molar refractivity (Wildman–Crippen MR) is 88.6 cm³/mol. The minimum absolute atomic E-state index is 0.0236. The molecule has 0 bridgehead atoms. The molecule has 1 atom stereocenters. The van der Waals surface area contributed by atoms with Crippen LogP contribution >= 0.6 is 23.2 Å². The summed E-state index contributed by atoms with van der Waals surface area (Å²) in [6, 6.07) is 7.56. The van der Waals surface area contributed by atoms with E-state index in [4.69, 9.17) is 23.2 Å². The molecule has 2 rings (SSSR count). The van der Waals surface area contributed by atoms with Gasteiger partial charge in [0, 0.05) is 17.8 Å². The lowest BCUT2D eigenvalue weighted by Crippen LogP contribution is -2.52. The molecule has 1 aromatic rings. The summed E-state index contributed by atoms with van der Waals surface area (Å²) < 4.78 is 0. The van der Waals surface area contributed by atoms with Gasteiger partial charge in [-0.25, -0.2) is 0 Å². The van der Waals surface area contributed by atoms with Crippen LogP contribution in [0.4, 0.5) is 0 Å². The molecule has 4 nitrogen and oxygen atoms in total. The van der Waals surface area contributed by atoms with E-state index in [1.807, 2.05) is 29.2 Å². The van der Waals surface area contributed by atoms with Gasteiger partial charge in [-0.05, 0) is 24.5 Å². The summed E-state index contributed by atoms with van der Waals surface area (Å²) in [6.07, 6.45) is 4.35. The highest BCUT2D eigenvalue weighted by molar-refractivity contribution is 6.31. The second-order valence-electron chi connectivity index (χ2n) is 5.53. The first-order chi connectivity index (χ1) is 10.5. The van der Waals surface area contributed by atoms with Gasteiger partial charge in [0.15, 0.2) is 0 Å². The zero-order chi connectivity index (χ0) is 16.2. The number of hydrogen-bond acceptors (Lipinski definition) is 3. The van der Waals surface area contributed by atoms with E-state index in [1.54, 1.807) is 6.20 Å². The summed E-state index contributed by atoms with van der Waals surface area (Å²) in [5.41, 5.74) is 0.248. The molecule has 0 saturated carbocycles. The molecular weight excluding hydrogens is 323 g/mol. The monoisotopic (exact) mass is 342 g/mol. The number of aliphatic carboxylic acids is 1. The van der Waals surface area contributed by atoms with Crippen molar-refractivity contribution in [1.29, 1.82) is 0 Å². The molecule has 0 spiro atoms. The molecule has 1 aliphatic heterocycles. The molecule has 0 fully saturated rings. The van der Waals surface area contributed by atoms with Crippen molar-refractivity contribution >= 4 is 29.2 Å². The number of nitrogens with one attached hydrogen (secondary N) is 1. The van der Waals surface area contributed by atoms with E-state index in [0.717, 1.165) is 18.4 Å². The van der Waals surface area contributed by atoms with E-state index in [0.29, 0.717) is 23.1 Å². The number of rotatable bonds is 7. The second kappa shape index (κ2) is 7.25. The summed E-state index contributed by atoms with van der Waals surface area (Å²) in [6.45, 7) is 2.59. The molecule has 1 aromatic carbocycles. The number of unbranched alkanes of at least 4 members (excludes halogenated alkanes) is 1. The van der Waals surface area contributed by atoms with Crippen molar-refractivity contribution in [3.63, 3.8) is 0 Å². The Morgan fingerprint density at radius 3 is 2.73 bits per heavy atom. The summed E-state index contributed by atoms with van der Waals surface area (Å²) in [7, 11) is 0. The first-order valence-electron chi connectivity index (χ1n) is 7.34. The van der Waals surface area contributed by atoms with Crippen molar-refractivity contribution in [2.45, 2.75) is 44.8 Å². The molecule has 0 amide bonds. The normalized spacial score (nSPS) is 20.7. The van der Waals surface area contributed by atoms with Crippen molar-refractivity contribution in [2.24, 2.45) is 0 Å². The molecule has 1 aliphatic rings. The molecule has 6 heteroatoms. The fraction of sp³-hybridized carbons (Fsp3) is 0.438. The average molecular weight is 343 g/mol. The number of benzene rings is 1. The highest BCUT2D eigenvalue weighted by Crippen LogP contribution is 2.34. The Morgan fingerprint density at radius 2 is 2.09 bits per heavy atom. The number of nitrogens with zero attached hydrogens (tertiary/aromatic N) is 1. The third-order valence-corrected chi connectivity index (χ3v) is 4.42. The average Bonchev–Trinajstić information content (AvgIpc) is 2.74. The van der Waals surface area contributed by atoms with Gasteiger partial charge in [0.1, 0.15) is 10.8 Å². The highest BCUT2D eigenvalue weighted by Gasteiger charge is 2.41. The minimum Gasteiger partial charge on any atom is -0.481 e. The molecule has 0 radical (unpaired) electrons. The van der Waals surface area contributed by atoms with Crippen molar-refractivity contribution < 1.29 is 9.90 Å². The molecule has 1 unspecified atom stereocenters. The Balaban J connectivity index is 2.27. The Hall–Kier alpha value is -1.39. The van der Waals surface area contributed by atoms with Crippen LogP contribution in [0, 0.1) is 0 Å². The summed E-state index contributed by atoms with van der Waals surface area (Å²) in [5, 5.41) is 13.6. The molecular formula is C16H20Cl2N2O2. The standard InChI is InChI=1S/C16H20Cl2N2O2/c1-2-3-8-16(9-15(21)22)19-14(18)11-20(16)10-12-6-4-5-7-13(12)17/h4-7,11,19H,2-3,8-10H2,1H3,(H,21,22). The maximum Gasteiger partial charge on any atom is 0.307 e. The first-order valence-corrected chi connectivity index (χ1v) is 8.10. The van der Waals surface area contributed by atoms with Crippen LogP contribution in [0.2, 0.25) is 5.02 Å². The Bertz CT molecular complexity index is 577. The van der Waals surface area contributed by atoms with Crippen LogP contribution in [-0.4, -0.2) is 21.6 Å². The maximum absolute atomic E-state index is 11.3. The van der Waals surface area contributed by atoms with E-state index < -0.39 is 11.6 Å². The second-order valence-corrected chi connectivity index (χ2v) is 6.34.